The molecule has 2 rings (SSSR count). The summed E-state index contributed by atoms with van der Waals surface area (Å²) >= 11 is 1.47. The van der Waals surface area contributed by atoms with Crippen LogP contribution in [0.25, 0.3) is 6.08 Å². The van der Waals surface area contributed by atoms with E-state index in [-0.39, 0.29) is 5.91 Å². The normalized spacial score (nSPS) is 20.5. The highest BCUT2D eigenvalue weighted by atomic mass is 32.1. The molecule has 0 saturated heterocycles. The van der Waals surface area contributed by atoms with E-state index >= 15 is 0 Å². The SMILES string of the molecule is NC(=O)c1cc2c(s1)C\C=C/C=C\C=C/2. The first-order chi connectivity index (χ1) is 7.27. The Morgan fingerprint density at radius 3 is 2.87 bits per heavy atom. The number of hydrogen-bond donors (Lipinski definition) is 1. The Bertz CT molecular complexity index is 466. The van der Waals surface area contributed by atoms with Gasteiger partial charge in [0.15, 0.2) is 0 Å². The fourth-order valence-corrected chi connectivity index (χ4v) is 2.38. The molecule has 1 aliphatic rings. The highest BCUT2D eigenvalue weighted by Crippen LogP contribution is 2.25. The van der Waals surface area contributed by atoms with Gasteiger partial charge in [0.2, 0.25) is 0 Å². The first-order valence-corrected chi connectivity index (χ1v) is 5.51. The van der Waals surface area contributed by atoms with E-state index in [0.717, 1.165) is 12.0 Å². The van der Waals surface area contributed by atoms with Gasteiger partial charge in [0.05, 0.1) is 4.88 Å². The van der Waals surface area contributed by atoms with Gasteiger partial charge in [-0.15, -0.1) is 11.3 Å². The van der Waals surface area contributed by atoms with Gasteiger partial charge >= 0.3 is 0 Å². The molecule has 0 aliphatic heterocycles. The topological polar surface area (TPSA) is 43.1 Å². The molecular formula is C12H11NOS. The number of primary amides is 1. The van der Waals surface area contributed by atoms with Crippen LogP contribution in [-0.4, -0.2) is 5.91 Å². The molecule has 0 radical (unpaired) electrons. The average molecular weight is 217 g/mol. The molecule has 1 aromatic rings. The lowest BCUT2D eigenvalue weighted by molar-refractivity contribution is 0.100. The number of fused-ring (bicyclic) bond motifs is 1. The minimum atomic E-state index is -0.350. The lowest BCUT2D eigenvalue weighted by atomic mass is 10.2. The second-order valence-corrected chi connectivity index (χ2v) is 4.37. The van der Waals surface area contributed by atoms with Gasteiger partial charge in [0, 0.05) is 11.3 Å². The maximum absolute atomic E-state index is 11.0. The summed E-state index contributed by atoms with van der Waals surface area (Å²) in [5.74, 6) is -0.350. The molecular weight excluding hydrogens is 206 g/mol. The minimum absolute atomic E-state index is 0.350. The molecule has 2 nitrogen and oxygen atoms in total. The molecule has 0 saturated carbocycles. The molecule has 1 aliphatic carbocycles. The van der Waals surface area contributed by atoms with Crippen molar-refractivity contribution in [3.05, 3.63) is 51.8 Å². The van der Waals surface area contributed by atoms with Crippen molar-refractivity contribution < 1.29 is 4.79 Å². The monoisotopic (exact) mass is 217 g/mol. The van der Waals surface area contributed by atoms with E-state index in [9.17, 15) is 4.79 Å². The molecule has 76 valence electrons. The summed E-state index contributed by atoms with van der Waals surface area (Å²) < 4.78 is 0. The molecule has 3 heteroatoms. The van der Waals surface area contributed by atoms with Gasteiger partial charge in [0.25, 0.3) is 5.91 Å². The molecule has 0 aromatic carbocycles. The zero-order valence-corrected chi connectivity index (χ0v) is 8.96. The predicted molar refractivity (Wildman–Crippen MR) is 63.9 cm³/mol. The van der Waals surface area contributed by atoms with Crippen LogP contribution in [0.5, 0.6) is 0 Å². The minimum Gasteiger partial charge on any atom is -0.365 e. The third kappa shape index (κ3) is 2.25. The number of carbonyl (C=O) groups is 1. The lowest BCUT2D eigenvalue weighted by Gasteiger charge is -1.91. The van der Waals surface area contributed by atoms with Crippen LogP contribution in [0.15, 0.2) is 36.4 Å². The molecule has 0 fully saturated rings. The van der Waals surface area contributed by atoms with Crippen LogP contribution < -0.4 is 5.73 Å². The van der Waals surface area contributed by atoms with Crippen molar-refractivity contribution in [2.75, 3.05) is 0 Å². The number of nitrogens with two attached hydrogens (primary N) is 1. The van der Waals surface area contributed by atoms with Crippen LogP contribution in [-0.2, 0) is 6.42 Å². The third-order valence-electron chi connectivity index (χ3n) is 2.13. The van der Waals surface area contributed by atoms with E-state index in [1.807, 2.05) is 36.4 Å². The summed E-state index contributed by atoms with van der Waals surface area (Å²) in [6.07, 6.45) is 12.8. The van der Waals surface area contributed by atoms with Gasteiger partial charge in [-0.1, -0.05) is 36.5 Å². The fourth-order valence-electron chi connectivity index (χ4n) is 1.41. The van der Waals surface area contributed by atoms with Crippen LogP contribution in [0, 0.1) is 0 Å². The number of amides is 1. The average Bonchev–Trinajstić information content (AvgIpc) is 2.61. The molecule has 1 amide bonds. The highest BCUT2D eigenvalue weighted by molar-refractivity contribution is 7.14. The maximum Gasteiger partial charge on any atom is 0.258 e. The van der Waals surface area contributed by atoms with Crippen molar-refractivity contribution in [1.29, 1.82) is 0 Å². The van der Waals surface area contributed by atoms with Crippen LogP contribution in [0.3, 0.4) is 0 Å². The Kier molecular flexibility index (Phi) is 2.83. The summed E-state index contributed by atoms with van der Waals surface area (Å²) in [6.45, 7) is 0. The molecule has 0 bridgehead atoms. The van der Waals surface area contributed by atoms with E-state index in [4.69, 9.17) is 5.73 Å². The summed E-state index contributed by atoms with van der Waals surface area (Å²) in [5.41, 5.74) is 6.34. The molecule has 15 heavy (non-hydrogen) atoms. The van der Waals surface area contributed by atoms with Gasteiger partial charge in [-0.2, -0.15) is 0 Å². The predicted octanol–water partition coefficient (Wildman–Crippen LogP) is 2.53. The largest absolute Gasteiger partial charge is 0.365 e. The summed E-state index contributed by atoms with van der Waals surface area (Å²) in [6, 6.07) is 1.85. The standard InChI is InChI=1S/C12H11NOS/c13-12(14)11-8-9-6-4-2-1-3-5-7-10(9)15-11/h1-6,8H,7H2,(H2,13,14)/b2-1-,5-3-,6-4-. The lowest BCUT2D eigenvalue weighted by Crippen LogP contribution is -2.08. The first-order valence-electron chi connectivity index (χ1n) is 4.70. The quantitative estimate of drug-likeness (QED) is 0.771. The third-order valence-corrected chi connectivity index (χ3v) is 3.32. The van der Waals surface area contributed by atoms with Crippen molar-refractivity contribution in [3.8, 4) is 0 Å². The van der Waals surface area contributed by atoms with Gasteiger partial charge in [-0.25, -0.2) is 0 Å². The maximum atomic E-state index is 11.0. The van der Waals surface area contributed by atoms with E-state index in [1.54, 1.807) is 0 Å². The van der Waals surface area contributed by atoms with E-state index in [2.05, 4.69) is 6.08 Å². The van der Waals surface area contributed by atoms with Gasteiger partial charge in [-0.05, 0) is 11.6 Å². The highest BCUT2D eigenvalue weighted by Gasteiger charge is 2.09. The molecule has 0 atom stereocenters. The fraction of sp³-hybridized carbons (Fsp3) is 0.0833. The molecule has 1 aromatic heterocycles. The van der Waals surface area contributed by atoms with E-state index in [0.29, 0.717) is 4.88 Å². The zero-order chi connectivity index (χ0) is 10.7. The summed E-state index contributed by atoms with van der Waals surface area (Å²) in [7, 11) is 0. The zero-order valence-electron chi connectivity index (χ0n) is 8.14. The van der Waals surface area contributed by atoms with Crippen molar-refractivity contribution in [2.45, 2.75) is 6.42 Å². The number of thiophene rings is 1. The van der Waals surface area contributed by atoms with Crippen LogP contribution in [0.2, 0.25) is 0 Å². The summed E-state index contributed by atoms with van der Waals surface area (Å²) in [4.78, 5) is 12.8. The first kappa shape index (κ1) is 9.93. The Labute approximate surface area is 92.4 Å². The Morgan fingerprint density at radius 2 is 2.07 bits per heavy atom. The van der Waals surface area contributed by atoms with Crippen molar-refractivity contribution >= 4 is 23.3 Å². The number of allylic oxidation sites excluding steroid dienone is 5. The van der Waals surface area contributed by atoms with Crippen LogP contribution in [0.1, 0.15) is 20.1 Å². The van der Waals surface area contributed by atoms with E-state index < -0.39 is 0 Å². The molecule has 2 N–H and O–H groups in total. The van der Waals surface area contributed by atoms with Crippen molar-refractivity contribution in [1.82, 2.24) is 0 Å². The molecule has 1 heterocycles. The Morgan fingerprint density at radius 1 is 1.27 bits per heavy atom. The van der Waals surface area contributed by atoms with Crippen LogP contribution >= 0.6 is 11.3 Å². The Hall–Kier alpha value is -1.61. The van der Waals surface area contributed by atoms with Gasteiger partial charge in [-0.3, -0.25) is 4.79 Å². The second-order valence-electron chi connectivity index (χ2n) is 3.23. The van der Waals surface area contributed by atoms with Gasteiger partial charge in [0.1, 0.15) is 0 Å². The second kappa shape index (κ2) is 4.28. The smallest absolute Gasteiger partial charge is 0.258 e. The number of hydrogen-bond acceptors (Lipinski definition) is 2. The Balaban J connectivity index is 2.43. The number of rotatable bonds is 1. The van der Waals surface area contributed by atoms with Crippen LogP contribution in [0.4, 0.5) is 0 Å². The number of carbonyl (C=O) groups excluding carboxylic acids is 1. The summed E-state index contributed by atoms with van der Waals surface area (Å²) in [5, 5.41) is 0. The van der Waals surface area contributed by atoms with Gasteiger partial charge < -0.3 is 5.73 Å². The molecule has 0 unspecified atom stereocenters. The molecule has 0 spiro atoms. The van der Waals surface area contributed by atoms with Crippen molar-refractivity contribution in [3.63, 3.8) is 0 Å². The van der Waals surface area contributed by atoms with E-state index in [1.165, 1.54) is 16.2 Å². The van der Waals surface area contributed by atoms with Crippen molar-refractivity contribution in [2.24, 2.45) is 5.73 Å².